The summed E-state index contributed by atoms with van der Waals surface area (Å²) in [4.78, 5) is 12.7. The third kappa shape index (κ3) is 4.14. The number of rotatable bonds is 6. The van der Waals surface area contributed by atoms with Crippen molar-refractivity contribution in [2.24, 2.45) is 0 Å². The average Bonchev–Trinajstić information content (AvgIpc) is 2.66. The van der Waals surface area contributed by atoms with Crippen LogP contribution < -0.4 is 9.62 Å². The van der Waals surface area contributed by atoms with Gasteiger partial charge in [0.15, 0.2) is 0 Å². The van der Waals surface area contributed by atoms with Crippen LogP contribution in [-0.2, 0) is 21.4 Å². The van der Waals surface area contributed by atoms with Crippen LogP contribution in [0, 0.1) is 5.82 Å². The molecule has 0 aliphatic heterocycles. The number of amides is 1. The van der Waals surface area contributed by atoms with E-state index in [1.165, 1.54) is 25.1 Å². The van der Waals surface area contributed by atoms with Crippen LogP contribution in [0.25, 0.3) is 10.8 Å². The molecule has 0 heterocycles. The molecule has 0 aliphatic carbocycles. The molecule has 5 nitrogen and oxygen atoms in total. The standard InChI is InChI=1S/C21H21FN2O3S/c1-15(24(28(2,26)27)20-13-6-5-12-19(20)22)21(25)23-14-17-10-7-9-16-8-3-4-11-18(16)17/h3-13,15H,14H2,1-2H3,(H,23,25). The number of nitrogens with one attached hydrogen (secondary N) is 1. The molecule has 1 unspecified atom stereocenters. The highest BCUT2D eigenvalue weighted by molar-refractivity contribution is 7.92. The molecule has 28 heavy (non-hydrogen) atoms. The SMILES string of the molecule is CC(C(=O)NCc1cccc2ccccc12)N(c1ccccc1F)S(C)(=O)=O. The Hall–Kier alpha value is -2.93. The quantitative estimate of drug-likeness (QED) is 0.689. The number of anilines is 1. The molecule has 3 aromatic rings. The van der Waals surface area contributed by atoms with Crippen molar-refractivity contribution in [2.45, 2.75) is 19.5 Å². The Bertz CT molecular complexity index is 1110. The fourth-order valence-corrected chi connectivity index (χ4v) is 4.36. The fourth-order valence-electron chi connectivity index (χ4n) is 3.19. The molecule has 1 atom stereocenters. The molecule has 3 aromatic carbocycles. The fraction of sp³-hybridized carbons (Fsp3) is 0.190. The van der Waals surface area contributed by atoms with Crippen LogP contribution in [0.15, 0.2) is 66.7 Å². The molecule has 0 bridgehead atoms. The molecule has 0 fully saturated rings. The third-order valence-electron chi connectivity index (χ3n) is 4.51. The molecule has 0 aliphatic rings. The highest BCUT2D eigenvalue weighted by Crippen LogP contribution is 2.24. The van der Waals surface area contributed by atoms with Gasteiger partial charge in [-0.15, -0.1) is 0 Å². The van der Waals surface area contributed by atoms with Crippen molar-refractivity contribution < 1.29 is 17.6 Å². The molecule has 0 saturated heterocycles. The molecule has 146 valence electrons. The molecule has 0 aromatic heterocycles. The molecule has 0 spiro atoms. The summed E-state index contributed by atoms with van der Waals surface area (Å²) in [6.45, 7) is 1.67. The van der Waals surface area contributed by atoms with E-state index in [-0.39, 0.29) is 12.2 Å². The normalized spacial score (nSPS) is 12.5. The van der Waals surface area contributed by atoms with Gasteiger partial charge in [0.25, 0.3) is 0 Å². The summed E-state index contributed by atoms with van der Waals surface area (Å²) in [5.74, 6) is -1.22. The number of hydrogen-bond donors (Lipinski definition) is 1. The predicted molar refractivity (Wildman–Crippen MR) is 109 cm³/mol. The van der Waals surface area contributed by atoms with Crippen LogP contribution in [0.5, 0.6) is 0 Å². The monoisotopic (exact) mass is 400 g/mol. The second kappa shape index (κ2) is 7.98. The van der Waals surface area contributed by atoms with E-state index in [0.29, 0.717) is 0 Å². The number of carbonyl (C=O) groups is 1. The smallest absolute Gasteiger partial charge is 0.243 e. The van der Waals surface area contributed by atoms with Crippen molar-refractivity contribution in [1.29, 1.82) is 0 Å². The lowest BCUT2D eigenvalue weighted by Crippen LogP contribution is -2.48. The lowest BCUT2D eigenvalue weighted by atomic mass is 10.0. The van der Waals surface area contributed by atoms with E-state index in [9.17, 15) is 17.6 Å². The Morgan fingerprint density at radius 3 is 2.39 bits per heavy atom. The van der Waals surface area contributed by atoms with Gasteiger partial charge in [0.1, 0.15) is 11.9 Å². The largest absolute Gasteiger partial charge is 0.350 e. The van der Waals surface area contributed by atoms with Gasteiger partial charge in [-0.05, 0) is 35.4 Å². The number of sulfonamides is 1. The number of halogens is 1. The average molecular weight is 400 g/mol. The number of nitrogens with zero attached hydrogens (tertiary/aromatic N) is 1. The summed E-state index contributed by atoms with van der Waals surface area (Å²) in [5.41, 5.74) is 0.758. The van der Waals surface area contributed by atoms with Gasteiger partial charge in [-0.1, -0.05) is 54.6 Å². The second-order valence-corrected chi connectivity index (χ2v) is 8.40. The minimum atomic E-state index is -3.87. The summed E-state index contributed by atoms with van der Waals surface area (Å²) < 4.78 is 39.5. The number of carbonyl (C=O) groups excluding carboxylic acids is 1. The molecule has 1 N–H and O–H groups in total. The topological polar surface area (TPSA) is 66.5 Å². The minimum Gasteiger partial charge on any atom is -0.350 e. The van der Waals surface area contributed by atoms with Gasteiger partial charge in [0.2, 0.25) is 15.9 Å². The lowest BCUT2D eigenvalue weighted by Gasteiger charge is -2.28. The third-order valence-corrected chi connectivity index (χ3v) is 5.74. The highest BCUT2D eigenvalue weighted by Gasteiger charge is 2.30. The molecule has 0 saturated carbocycles. The van der Waals surface area contributed by atoms with Crippen molar-refractivity contribution in [3.63, 3.8) is 0 Å². The Balaban J connectivity index is 1.83. The maximum Gasteiger partial charge on any atom is 0.243 e. The van der Waals surface area contributed by atoms with Gasteiger partial charge >= 0.3 is 0 Å². The summed E-state index contributed by atoms with van der Waals surface area (Å²) in [6.07, 6.45) is 0.952. The first kappa shape index (κ1) is 19.8. The molecule has 0 radical (unpaired) electrons. The van der Waals surface area contributed by atoms with E-state index in [0.717, 1.165) is 33.0 Å². The maximum atomic E-state index is 14.2. The van der Waals surface area contributed by atoms with Crippen LogP contribution in [0.1, 0.15) is 12.5 Å². The summed E-state index contributed by atoms with van der Waals surface area (Å²) >= 11 is 0. The highest BCUT2D eigenvalue weighted by atomic mass is 32.2. The Morgan fingerprint density at radius 2 is 1.68 bits per heavy atom. The first-order valence-electron chi connectivity index (χ1n) is 8.77. The van der Waals surface area contributed by atoms with E-state index in [4.69, 9.17) is 0 Å². The lowest BCUT2D eigenvalue weighted by molar-refractivity contribution is -0.122. The molecule has 1 amide bonds. The van der Waals surface area contributed by atoms with Crippen molar-refractivity contribution in [2.75, 3.05) is 10.6 Å². The van der Waals surface area contributed by atoms with E-state index in [1.807, 2.05) is 42.5 Å². The minimum absolute atomic E-state index is 0.155. The van der Waals surface area contributed by atoms with Gasteiger partial charge in [0.05, 0.1) is 11.9 Å². The zero-order valence-corrected chi connectivity index (χ0v) is 16.4. The Kier molecular flexibility index (Phi) is 5.65. The number of fused-ring (bicyclic) bond motifs is 1. The van der Waals surface area contributed by atoms with Crippen molar-refractivity contribution in [3.05, 3.63) is 78.1 Å². The van der Waals surface area contributed by atoms with Gasteiger partial charge in [-0.2, -0.15) is 0 Å². The number of hydrogen-bond acceptors (Lipinski definition) is 3. The summed E-state index contributed by atoms with van der Waals surface area (Å²) in [7, 11) is -3.87. The van der Waals surface area contributed by atoms with E-state index < -0.39 is 27.8 Å². The van der Waals surface area contributed by atoms with Crippen molar-refractivity contribution in [3.8, 4) is 0 Å². The second-order valence-electron chi connectivity index (χ2n) is 6.54. The molecular formula is C21H21FN2O3S. The van der Waals surface area contributed by atoms with Crippen LogP contribution in [0.3, 0.4) is 0 Å². The van der Waals surface area contributed by atoms with E-state index >= 15 is 0 Å². The van der Waals surface area contributed by atoms with Crippen molar-refractivity contribution in [1.82, 2.24) is 5.32 Å². The Morgan fingerprint density at radius 1 is 1.04 bits per heavy atom. The molecular weight excluding hydrogens is 379 g/mol. The molecule has 7 heteroatoms. The number of para-hydroxylation sites is 1. The van der Waals surface area contributed by atoms with Crippen molar-refractivity contribution >= 4 is 32.4 Å². The first-order valence-corrected chi connectivity index (χ1v) is 10.6. The first-order chi connectivity index (χ1) is 13.3. The molecule has 3 rings (SSSR count). The summed E-state index contributed by atoms with van der Waals surface area (Å²) in [6, 6.07) is 17.9. The maximum absolute atomic E-state index is 14.2. The summed E-state index contributed by atoms with van der Waals surface area (Å²) in [5, 5.41) is 4.82. The van der Waals surface area contributed by atoms with Gasteiger partial charge in [-0.25, -0.2) is 12.8 Å². The van der Waals surface area contributed by atoms with Gasteiger partial charge < -0.3 is 5.32 Å². The van der Waals surface area contributed by atoms with Gasteiger partial charge in [-0.3, -0.25) is 9.10 Å². The van der Waals surface area contributed by atoms with E-state index in [1.54, 1.807) is 0 Å². The predicted octanol–water partition coefficient (Wildman–Crippen LogP) is 3.45. The van der Waals surface area contributed by atoms with Crippen LogP contribution in [0.4, 0.5) is 10.1 Å². The number of benzene rings is 3. The van der Waals surface area contributed by atoms with Crippen LogP contribution in [-0.4, -0.2) is 26.6 Å². The van der Waals surface area contributed by atoms with E-state index in [2.05, 4.69) is 5.32 Å². The van der Waals surface area contributed by atoms with Gasteiger partial charge in [0, 0.05) is 6.54 Å². The zero-order valence-electron chi connectivity index (χ0n) is 15.6. The zero-order chi connectivity index (χ0) is 20.3. The van der Waals surface area contributed by atoms with Crippen LogP contribution in [0.2, 0.25) is 0 Å². The van der Waals surface area contributed by atoms with Crippen LogP contribution >= 0.6 is 0 Å². The Labute approximate surface area is 163 Å².